The second kappa shape index (κ2) is 8.15. The number of amides is 2. The zero-order valence-corrected chi connectivity index (χ0v) is 14.0. The minimum atomic E-state index is -0.436. The summed E-state index contributed by atoms with van der Waals surface area (Å²) in [6.07, 6.45) is 5.35. The lowest BCUT2D eigenvalue weighted by Gasteiger charge is -2.26. The highest BCUT2D eigenvalue weighted by molar-refractivity contribution is 5.86. The van der Waals surface area contributed by atoms with Crippen LogP contribution in [0.1, 0.15) is 37.7 Å². The van der Waals surface area contributed by atoms with Gasteiger partial charge < -0.3 is 15.7 Å². The molecule has 2 aromatic rings. The molecule has 3 N–H and O–H groups in total. The molecule has 0 bridgehead atoms. The topological polar surface area (TPSA) is 61.4 Å². The molecule has 24 heavy (non-hydrogen) atoms. The molecule has 3 rings (SSSR count). The highest BCUT2D eigenvalue weighted by Crippen LogP contribution is 2.26. The molecule has 1 fully saturated rings. The Morgan fingerprint density at radius 3 is 2.62 bits per heavy atom. The van der Waals surface area contributed by atoms with Gasteiger partial charge in [-0.3, -0.25) is 0 Å². The van der Waals surface area contributed by atoms with Crippen LogP contribution in [0, 0.1) is 5.92 Å². The number of nitrogens with one attached hydrogen (secondary N) is 2. The summed E-state index contributed by atoms with van der Waals surface area (Å²) in [5.41, 5.74) is 1.09. The number of carbonyl (C=O) groups is 1. The van der Waals surface area contributed by atoms with Gasteiger partial charge in [0.05, 0.1) is 6.10 Å². The number of aliphatic hydroxyl groups is 1. The third-order valence-corrected chi connectivity index (χ3v) is 4.99. The van der Waals surface area contributed by atoms with Crippen LogP contribution in [0.3, 0.4) is 0 Å². The van der Waals surface area contributed by atoms with Crippen molar-refractivity contribution in [2.45, 2.75) is 44.8 Å². The van der Waals surface area contributed by atoms with Crippen LogP contribution in [-0.2, 0) is 6.54 Å². The molecule has 1 aliphatic carbocycles. The Morgan fingerprint density at radius 2 is 1.79 bits per heavy atom. The molecule has 0 heterocycles. The Morgan fingerprint density at radius 1 is 1.04 bits per heavy atom. The summed E-state index contributed by atoms with van der Waals surface area (Å²) in [4.78, 5) is 12.0. The van der Waals surface area contributed by atoms with E-state index in [2.05, 4.69) is 28.8 Å². The average molecular weight is 326 g/mol. The van der Waals surface area contributed by atoms with E-state index in [4.69, 9.17) is 0 Å². The van der Waals surface area contributed by atoms with Gasteiger partial charge in [0.15, 0.2) is 0 Å². The maximum atomic E-state index is 12.0. The molecule has 4 heteroatoms. The number of hydrogen-bond acceptors (Lipinski definition) is 2. The van der Waals surface area contributed by atoms with Gasteiger partial charge in [-0.15, -0.1) is 0 Å². The van der Waals surface area contributed by atoms with Gasteiger partial charge in [-0.2, -0.15) is 0 Å². The second-order valence-corrected chi connectivity index (χ2v) is 6.67. The Hall–Kier alpha value is -2.07. The van der Waals surface area contributed by atoms with Crippen LogP contribution in [0.5, 0.6) is 0 Å². The van der Waals surface area contributed by atoms with Crippen LogP contribution >= 0.6 is 0 Å². The minimum Gasteiger partial charge on any atom is -0.391 e. The fourth-order valence-corrected chi connectivity index (χ4v) is 3.57. The summed E-state index contributed by atoms with van der Waals surface area (Å²) in [5.74, 6) is 0.331. The van der Waals surface area contributed by atoms with E-state index >= 15 is 0 Å². The monoisotopic (exact) mass is 326 g/mol. The standard InChI is InChI=1S/C20H26N2O2/c23-19(16-8-2-1-3-9-16)14-22-20(24)21-13-17-11-6-10-15-7-4-5-12-18(15)17/h4-7,10-12,16,19,23H,1-3,8-9,13-14H2,(H2,21,22,24). The van der Waals surface area contributed by atoms with Crippen LogP contribution in [-0.4, -0.2) is 23.8 Å². The number of hydrogen-bond donors (Lipinski definition) is 3. The van der Waals surface area contributed by atoms with Gasteiger partial charge in [0.1, 0.15) is 0 Å². The van der Waals surface area contributed by atoms with Crippen molar-refractivity contribution in [3.05, 3.63) is 48.0 Å². The molecule has 0 aliphatic heterocycles. The van der Waals surface area contributed by atoms with Crippen LogP contribution in [0.2, 0.25) is 0 Å². The van der Waals surface area contributed by atoms with E-state index in [9.17, 15) is 9.90 Å². The third kappa shape index (κ3) is 4.26. The lowest BCUT2D eigenvalue weighted by molar-refractivity contribution is 0.0858. The van der Waals surface area contributed by atoms with Gasteiger partial charge in [0, 0.05) is 13.1 Å². The summed E-state index contributed by atoms with van der Waals surface area (Å²) in [6, 6.07) is 14.0. The Balaban J connectivity index is 1.48. The molecular formula is C20H26N2O2. The molecule has 2 aromatic carbocycles. The molecule has 2 amide bonds. The lowest BCUT2D eigenvalue weighted by Crippen LogP contribution is -2.41. The Kier molecular flexibility index (Phi) is 5.70. The summed E-state index contributed by atoms with van der Waals surface area (Å²) in [6.45, 7) is 0.804. The van der Waals surface area contributed by atoms with Crippen LogP contribution in [0.4, 0.5) is 4.79 Å². The van der Waals surface area contributed by atoms with Crippen molar-refractivity contribution < 1.29 is 9.90 Å². The molecule has 1 atom stereocenters. The van der Waals surface area contributed by atoms with Crippen molar-refractivity contribution in [3.8, 4) is 0 Å². The van der Waals surface area contributed by atoms with E-state index in [0.717, 1.165) is 23.8 Å². The maximum Gasteiger partial charge on any atom is 0.315 e. The third-order valence-electron chi connectivity index (χ3n) is 4.99. The molecule has 128 valence electrons. The molecule has 0 saturated heterocycles. The summed E-state index contributed by atoms with van der Waals surface area (Å²) < 4.78 is 0. The molecule has 0 spiro atoms. The highest BCUT2D eigenvalue weighted by Gasteiger charge is 2.21. The quantitative estimate of drug-likeness (QED) is 0.786. The van der Waals surface area contributed by atoms with Gasteiger partial charge in [0.25, 0.3) is 0 Å². The Bertz CT molecular complexity index is 675. The average Bonchev–Trinajstić information content (AvgIpc) is 2.65. The number of carbonyl (C=O) groups excluding carboxylic acids is 1. The molecular weight excluding hydrogens is 300 g/mol. The van der Waals surface area contributed by atoms with Gasteiger partial charge >= 0.3 is 6.03 Å². The maximum absolute atomic E-state index is 12.0. The molecule has 4 nitrogen and oxygen atoms in total. The zero-order valence-electron chi connectivity index (χ0n) is 14.0. The first-order valence-corrected chi connectivity index (χ1v) is 8.90. The van der Waals surface area contributed by atoms with Crippen LogP contribution < -0.4 is 10.6 Å². The summed E-state index contributed by atoms with van der Waals surface area (Å²) in [7, 11) is 0. The highest BCUT2D eigenvalue weighted by atomic mass is 16.3. The van der Waals surface area contributed by atoms with E-state index in [1.54, 1.807) is 0 Å². The molecule has 0 aromatic heterocycles. The molecule has 0 radical (unpaired) electrons. The molecule has 1 saturated carbocycles. The fraction of sp³-hybridized carbons (Fsp3) is 0.450. The number of rotatable bonds is 5. The van der Waals surface area contributed by atoms with E-state index in [1.807, 2.05) is 24.3 Å². The normalized spacial score (nSPS) is 16.7. The van der Waals surface area contributed by atoms with Gasteiger partial charge in [-0.05, 0) is 35.1 Å². The van der Waals surface area contributed by atoms with Crippen molar-refractivity contribution in [2.24, 2.45) is 5.92 Å². The predicted molar refractivity (Wildman–Crippen MR) is 96.8 cm³/mol. The first-order chi connectivity index (χ1) is 11.7. The SMILES string of the molecule is O=C(NCc1cccc2ccccc12)NCC(O)C1CCCCC1. The van der Waals surface area contributed by atoms with E-state index in [0.29, 0.717) is 19.0 Å². The zero-order chi connectivity index (χ0) is 16.8. The van der Waals surface area contributed by atoms with Gasteiger partial charge in [0.2, 0.25) is 0 Å². The van der Waals surface area contributed by atoms with Crippen molar-refractivity contribution >= 4 is 16.8 Å². The van der Waals surface area contributed by atoms with Crippen LogP contribution in [0.25, 0.3) is 10.8 Å². The fourth-order valence-electron chi connectivity index (χ4n) is 3.57. The summed E-state index contributed by atoms with van der Waals surface area (Å²) in [5, 5.41) is 18.2. The van der Waals surface area contributed by atoms with Gasteiger partial charge in [-0.25, -0.2) is 4.79 Å². The minimum absolute atomic E-state index is 0.224. The van der Waals surface area contributed by atoms with Crippen molar-refractivity contribution in [2.75, 3.05) is 6.54 Å². The van der Waals surface area contributed by atoms with E-state index in [1.165, 1.54) is 24.6 Å². The second-order valence-electron chi connectivity index (χ2n) is 6.67. The number of aliphatic hydroxyl groups excluding tert-OH is 1. The Labute approximate surface area is 143 Å². The number of urea groups is 1. The summed E-state index contributed by atoms with van der Waals surface area (Å²) >= 11 is 0. The largest absolute Gasteiger partial charge is 0.391 e. The smallest absolute Gasteiger partial charge is 0.315 e. The van der Waals surface area contributed by atoms with Crippen LogP contribution in [0.15, 0.2) is 42.5 Å². The van der Waals surface area contributed by atoms with Crippen molar-refractivity contribution in [1.82, 2.24) is 10.6 Å². The molecule has 1 aliphatic rings. The van der Waals surface area contributed by atoms with Crippen molar-refractivity contribution in [1.29, 1.82) is 0 Å². The molecule has 1 unspecified atom stereocenters. The first kappa shape index (κ1) is 16.8. The van der Waals surface area contributed by atoms with Gasteiger partial charge in [-0.1, -0.05) is 61.7 Å². The number of benzene rings is 2. The number of fused-ring (bicyclic) bond motifs is 1. The van der Waals surface area contributed by atoms with E-state index in [-0.39, 0.29) is 6.03 Å². The first-order valence-electron chi connectivity index (χ1n) is 8.90. The van der Waals surface area contributed by atoms with Crippen molar-refractivity contribution in [3.63, 3.8) is 0 Å². The lowest BCUT2D eigenvalue weighted by atomic mass is 9.85. The predicted octanol–water partition coefficient (Wildman–Crippen LogP) is 3.58. The van der Waals surface area contributed by atoms with E-state index < -0.39 is 6.10 Å².